The predicted octanol–water partition coefficient (Wildman–Crippen LogP) is 2.06. The van der Waals surface area contributed by atoms with Gasteiger partial charge in [0.25, 0.3) is 0 Å². The van der Waals surface area contributed by atoms with Gasteiger partial charge in [-0.2, -0.15) is 0 Å². The first kappa shape index (κ1) is 15.6. The molecule has 0 bridgehead atoms. The first-order valence-corrected chi connectivity index (χ1v) is 9.05. The van der Waals surface area contributed by atoms with Gasteiger partial charge in [0, 0.05) is 17.6 Å². The van der Waals surface area contributed by atoms with Gasteiger partial charge in [0.2, 0.25) is 0 Å². The Morgan fingerprint density at radius 1 is 1.45 bits per heavy atom. The monoisotopic (exact) mass is 317 g/mol. The van der Waals surface area contributed by atoms with Gasteiger partial charge in [0.15, 0.2) is 9.84 Å². The molecule has 1 atom stereocenters. The van der Waals surface area contributed by atoms with Gasteiger partial charge >= 0.3 is 0 Å². The zero-order valence-corrected chi connectivity index (χ0v) is 13.1. The number of nitrogens with one attached hydrogen (secondary N) is 1. The van der Waals surface area contributed by atoms with Crippen molar-refractivity contribution >= 4 is 21.4 Å². The van der Waals surface area contributed by atoms with E-state index in [2.05, 4.69) is 5.32 Å². The van der Waals surface area contributed by atoms with Crippen LogP contribution in [-0.4, -0.2) is 39.1 Å². The van der Waals surface area contributed by atoms with Crippen molar-refractivity contribution in [2.24, 2.45) is 0 Å². The normalized spacial score (nSPS) is 21.0. The zero-order chi connectivity index (χ0) is 14.6. The van der Waals surface area contributed by atoms with Crippen LogP contribution in [0.5, 0.6) is 5.75 Å². The van der Waals surface area contributed by atoms with Gasteiger partial charge < -0.3 is 10.1 Å². The van der Waals surface area contributed by atoms with Crippen LogP contribution in [-0.2, 0) is 16.3 Å². The summed E-state index contributed by atoms with van der Waals surface area (Å²) in [5.74, 6) is 1.34. The molecule has 4 nitrogen and oxygen atoms in total. The molecule has 1 aliphatic heterocycles. The minimum atomic E-state index is -2.82. The summed E-state index contributed by atoms with van der Waals surface area (Å²) in [6.07, 6.45) is 1.57. The first-order valence-electron chi connectivity index (χ1n) is 6.85. The van der Waals surface area contributed by atoms with Crippen LogP contribution in [0.15, 0.2) is 18.2 Å². The van der Waals surface area contributed by atoms with Crippen LogP contribution < -0.4 is 10.1 Å². The average molecular weight is 318 g/mol. The molecule has 0 aromatic heterocycles. The highest BCUT2D eigenvalue weighted by Crippen LogP contribution is 2.22. The first-order chi connectivity index (χ1) is 9.50. The van der Waals surface area contributed by atoms with E-state index in [1.165, 1.54) is 0 Å². The minimum Gasteiger partial charge on any atom is -0.492 e. The molecular formula is C14H20ClNO3S. The molecule has 2 rings (SSSR count). The lowest BCUT2D eigenvalue weighted by Crippen LogP contribution is -2.33. The molecule has 0 amide bonds. The molecule has 20 heavy (non-hydrogen) atoms. The third-order valence-electron chi connectivity index (χ3n) is 3.43. The van der Waals surface area contributed by atoms with E-state index in [0.717, 1.165) is 22.8 Å². The maximum Gasteiger partial charge on any atom is 0.151 e. The third kappa shape index (κ3) is 4.36. The Bertz CT molecular complexity index is 560. The lowest BCUT2D eigenvalue weighted by molar-refractivity contribution is 0.307. The van der Waals surface area contributed by atoms with Crippen LogP contribution in [0.1, 0.15) is 18.9 Å². The van der Waals surface area contributed by atoms with Crippen molar-refractivity contribution in [3.05, 3.63) is 28.8 Å². The summed E-state index contributed by atoms with van der Waals surface area (Å²) < 4.78 is 28.3. The second-order valence-electron chi connectivity index (χ2n) is 5.01. The molecule has 0 saturated carbocycles. The Hall–Kier alpha value is -0.780. The van der Waals surface area contributed by atoms with E-state index >= 15 is 0 Å². The maximum absolute atomic E-state index is 11.3. The molecule has 1 fully saturated rings. The van der Waals surface area contributed by atoms with Crippen LogP contribution in [0.3, 0.4) is 0 Å². The minimum absolute atomic E-state index is 0.0695. The Morgan fingerprint density at radius 3 is 2.90 bits per heavy atom. The summed E-state index contributed by atoms with van der Waals surface area (Å²) >= 11 is 6.05. The van der Waals surface area contributed by atoms with Crippen LogP contribution in [0.4, 0.5) is 0 Å². The van der Waals surface area contributed by atoms with Crippen LogP contribution >= 0.6 is 11.6 Å². The fourth-order valence-corrected chi connectivity index (χ4v) is 4.26. The molecule has 1 unspecified atom stereocenters. The van der Waals surface area contributed by atoms with Gasteiger partial charge in [0.05, 0.1) is 11.5 Å². The number of halogens is 1. The fraction of sp³-hybridized carbons (Fsp3) is 0.571. The smallest absolute Gasteiger partial charge is 0.151 e. The molecular weight excluding hydrogens is 298 g/mol. The Morgan fingerprint density at radius 2 is 2.25 bits per heavy atom. The number of benzene rings is 1. The molecule has 1 aromatic rings. The lowest BCUT2D eigenvalue weighted by atomic mass is 10.1. The number of hydrogen-bond acceptors (Lipinski definition) is 4. The highest BCUT2D eigenvalue weighted by molar-refractivity contribution is 7.91. The van der Waals surface area contributed by atoms with E-state index in [9.17, 15) is 8.42 Å². The molecule has 1 saturated heterocycles. The molecule has 112 valence electrons. The quantitative estimate of drug-likeness (QED) is 0.816. The summed E-state index contributed by atoms with van der Waals surface area (Å²) in [7, 11) is -2.82. The van der Waals surface area contributed by atoms with Crippen molar-refractivity contribution < 1.29 is 13.2 Å². The van der Waals surface area contributed by atoms with Gasteiger partial charge in [-0.05, 0) is 36.6 Å². The van der Waals surface area contributed by atoms with E-state index in [4.69, 9.17) is 16.3 Å². The summed E-state index contributed by atoms with van der Waals surface area (Å²) in [6.45, 7) is 3.21. The second kappa shape index (κ2) is 6.78. The van der Waals surface area contributed by atoms with Gasteiger partial charge in [-0.25, -0.2) is 8.42 Å². The van der Waals surface area contributed by atoms with Crippen molar-refractivity contribution in [1.29, 1.82) is 0 Å². The summed E-state index contributed by atoms with van der Waals surface area (Å²) in [5.41, 5.74) is 1.07. The number of hydrogen-bond donors (Lipinski definition) is 1. The van der Waals surface area contributed by atoms with E-state index < -0.39 is 9.84 Å². The Labute approximate surface area is 125 Å². The fourth-order valence-electron chi connectivity index (χ4n) is 2.30. The third-order valence-corrected chi connectivity index (χ3v) is 5.57. The van der Waals surface area contributed by atoms with Gasteiger partial charge in [0.1, 0.15) is 12.4 Å². The largest absolute Gasteiger partial charge is 0.492 e. The van der Waals surface area contributed by atoms with Crippen molar-refractivity contribution in [3.63, 3.8) is 0 Å². The Kier molecular flexibility index (Phi) is 5.29. The molecule has 1 aromatic carbocycles. The van der Waals surface area contributed by atoms with Crippen molar-refractivity contribution in [3.8, 4) is 5.75 Å². The van der Waals surface area contributed by atoms with Crippen LogP contribution in [0.25, 0.3) is 0 Å². The molecule has 6 heteroatoms. The molecule has 1 aliphatic rings. The topological polar surface area (TPSA) is 55.4 Å². The maximum atomic E-state index is 11.3. The molecule has 0 aliphatic carbocycles. The highest BCUT2D eigenvalue weighted by atomic mass is 35.5. The molecule has 0 spiro atoms. The van der Waals surface area contributed by atoms with E-state index in [0.29, 0.717) is 25.3 Å². The number of aryl methyl sites for hydroxylation is 1. The van der Waals surface area contributed by atoms with Crippen molar-refractivity contribution in [2.45, 2.75) is 25.8 Å². The summed E-state index contributed by atoms with van der Waals surface area (Å²) in [5, 5.41) is 3.98. The molecule has 1 heterocycles. The van der Waals surface area contributed by atoms with Crippen LogP contribution in [0.2, 0.25) is 5.02 Å². The van der Waals surface area contributed by atoms with E-state index in [1.807, 2.05) is 25.1 Å². The summed E-state index contributed by atoms with van der Waals surface area (Å²) in [6, 6.07) is 5.70. The van der Waals surface area contributed by atoms with Gasteiger partial charge in [-0.15, -0.1) is 0 Å². The van der Waals surface area contributed by atoms with Crippen LogP contribution in [0, 0.1) is 0 Å². The van der Waals surface area contributed by atoms with Gasteiger partial charge in [-0.3, -0.25) is 0 Å². The Balaban J connectivity index is 1.74. The standard InChI is InChI=1S/C14H20ClNO3S/c1-2-11-9-13(3-4-14(11)15)19-7-6-16-12-5-8-20(17,18)10-12/h3-4,9,12,16H,2,5-8,10H2,1H3. The molecule has 0 radical (unpaired) electrons. The van der Waals surface area contributed by atoms with E-state index in [-0.39, 0.29) is 11.8 Å². The second-order valence-corrected chi connectivity index (χ2v) is 7.65. The van der Waals surface area contributed by atoms with Gasteiger partial charge in [-0.1, -0.05) is 18.5 Å². The average Bonchev–Trinajstić information content (AvgIpc) is 2.76. The number of sulfone groups is 1. The number of rotatable bonds is 6. The number of ether oxygens (including phenoxy) is 1. The zero-order valence-electron chi connectivity index (χ0n) is 11.6. The lowest BCUT2D eigenvalue weighted by Gasteiger charge is -2.12. The SMILES string of the molecule is CCc1cc(OCCNC2CCS(=O)(=O)C2)ccc1Cl. The van der Waals surface area contributed by atoms with E-state index in [1.54, 1.807) is 0 Å². The van der Waals surface area contributed by atoms with Crippen molar-refractivity contribution in [1.82, 2.24) is 5.32 Å². The van der Waals surface area contributed by atoms with Crippen molar-refractivity contribution in [2.75, 3.05) is 24.7 Å². The highest BCUT2D eigenvalue weighted by Gasteiger charge is 2.26. The molecule has 1 N–H and O–H groups in total. The summed E-state index contributed by atoms with van der Waals surface area (Å²) in [4.78, 5) is 0. The predicted molar refractivity (Wildman–Crippen MR) is 81.4 cm³/mol.